The van der Waals surface area contributed by atoms with E-state index in [-0.39, 0.29) is 0 Å². The van der Waals surface area contributed by atoms with Gasteiger partial charge in [0.25, 0.3) is 0 Å². The van der Waals surface area contributed by atoms with Crippen LogP contribution in [0.25, 0.3) is 11.2 Å². The molecule has 0 amide bonds. The molecule has 3 rings (SSSR count). The second kappa shape index (κ2) is 5.70. The van der Waals surface area contributed by atoms with E-state index in [1.54, 1.807) is 0 Å². The number of aryl methyl sites for hydroxylation is 1. The van der Waals surface area contributed by atoms with Gasteiger partial charge < -0.3 is 9.47 Å². The van der Waals surface area contributed by atoms with E-state index in [9.17, 15) is 0 Å². The number of hydrogen-bond acceptors (Lipinski definition) is 3. The number of halogens is 1. The number of fused-ring (bicyclic) bond motifs is 1. The molecule has 1 unspecified atom stereocenters. The summed E-state index contributed by atoms with van der Waals surface area (Å²) in [6.07, 6.45) is 3.11. The zero-order valence-electron chi connectivity index (χ0n) is 12.1. The van der Waals surface area contributed by atoms with Crippen LogP contribution in [0.2, 0.25) is 0 Å². The molecule has 0 N–H and O–H groups in total. The highest BCUT2D eigenvalue weighted by Gasteiger charge is 2.23. The maximum atomic E-state index is 6.08. The van der Waals surface area contributed by atoms with Crippen molar-refractivity contribution in [3.8, 4) is 0 Å². The third kappa shape index (κ3) is 2.42. The zero-order chi connectivity index (χ0) is 14.1. The van der Waals surface area contributed by atoms with Gasteiger partial charge in [0.05, 0.1) is 5.88 Å². The van der Waals surface area contributed by atoms with Gasteiger partial charge in [0, 0.05) is 19.3 Å². The van der Waals surface area contributed by atoms with Gasteiger partial charge in [-0.2, -0.15) is 0 Å². The van der Waals surface area contributed by atoms with Crippen LogP contribution in [0, 0.1) is 12.8 Å². The van der Waals surface area contributed by atoms with Gasteiger partial charge in [-0.3, -0.25) is 0 Å². The molecule has 0 aliphatic carbocycles. The highest BCUT2D eigenvalue weighted by atomic mass is 35.5. The number of likely N-dealkylation sites (tertiary alicyclic amines) is 1. The third-order valence-electron chi connectivity index (χ3n) is 4.29. The molecule has 0 spiro atoms. The van der Waals surface area contributed by atoms with E-state index in [0.29, 0.717) is 11.8 Å². The molecule has 5 heteroatoms. The van der Waals surface area contributed by atoms with E-state index in [1.807, 2.05) is 12.3 Å². The first-order valence-electron chi connectivity index (χ1n) is 7.32. The zero-order valence-corrected chi connectivity index (χ0v) is 12.9. The van der Waals surface area contributed by atoms with E-state index >= 15 is 0 Å². The van der Waals surface area contributed by atoms with Crippen LogP contribution in [0.1, 0.15) is 24.7 Å². The van der Waals surface area contributed by atoms with Crippen molar-refractivity contribution in [2.75, 3.05) is 19.6 Å². The molecule has 2 aromatic heterocycles. The third-order valence-corrected chi connectivity index (χ3v) is 4.53. The molecule has 3 heterocycles. The number of nitrogens with zero attached hydrogens (tertiary/aromatic N) is 4. The fourth-order valence-electron chi connectivity index (χ4n) is 3.08. The fourth-order valence-corrected chi connectivity index (χ4v) is 3.29. The molecule has 20 heavy (non-hydrogen) atoms. The molecule has 1 fully saturated rings. The summed E-state index contributed by atoms with van der Waals surface area (Å²) in [6, 6.07) is 2.01. The predicted octanol–water partition coefficient (Wildman–Crippen LogP) is 2.82. The van der Waals surface area contributed by atoms with Crippen LogP contribution in [0.3, 0.4) is 0 Å². The SMILES string of the molecule is CCN1CCC(Cn2c(CCl)nc3c(C)ccnc32)C1. The van der Waals surface area contributed by atoms with Crippen molar-refractivity contribution in [2.45, 2.75) is 32.7 Å². The van der Waals surface area contributed by atoms with E-state index in [2.05, 4.69) is 33.3 Å². The number of hydrogen-bond donors (Lipinski definition) is 0. The Balaban J connectivity index is 1.92. The Morgan fingerprint density at radius 3 is 3.00 bits per heavy atom. The molecule has 0 saturated carbocycles. The number of alkyl halides is 1. The second-order valence-electron chi connectivity index (χ2n) is 5.62. The standard InChI is InChI=1S/C15H21ClN4/c1-3-19-7-5-12(9-19)10-20-13(8-16)18-14-11(2)4-6-17-15(14)20/h4,6,12H,3,5,7-10H2,1-2H3. The lowest BCUT2D eigenvalue weighted by Crippen LogP contribution is -2.21. The summed E-state index contributed by atoms with van der Waals surface area (Å²) in [5, 5.41) is 0. The Labute approximate surface area is 124 Å². The second-order valence-corrected chi connectivity index (χ2v) is 5.89. The van der Waals surface area contributed by atoms with Gasteiger partial charge in [-0.1, -0.05) is 6.92 Å². The topological polar surface area (TPSA) is 34.0 Å². The van der Waals surface area contributed by atoms with E-state index in [1.165, 1.54) is 25.1 Å². The lowest BCUT2D eigenvalue weighted by molar-refractivity contribution is 0.332. The van der Waals surface area contributed by atoms with Crippen LogP contribution in [-0.4, -0.2) is 39.1 Å². The number of pyridine rings is 1. The highest BCUT2D eigenvalue weighted by molar-refractivity contribution is 6.16. The van der Waals surface area contributed by atoms with Gasteiger partial charge in [-0.05, 0) is 44.0 Å². The summed E-state index contributed by atoms with van der Waals surface area (Å²) in [5.41, 5.74) is 3.14. The first kappa shape index (κ1) is 13.8. The fraction of sp³-hybridized carbons (Fsp3) is 0.600. The van der Waals surface area contributed by atoms with Gasteiger partial charge in [0.1, 0.15) is 11.3 Å². The van der Waals surface area contributed by atoms with E-state index in [0.717, 1.165) is 30.1 Å². The quantitative estimate of drug-likeness (QED) is 0.813. The van der Waals surface area contributed by atoms with Crippen LogP contribution in [0.4, 0.5) is 0 Å². The summed E-state index contributed by atoms with van der Waals surface area (Å²) in [4.78, 5) is 11.7. The molecule has 2 aromatic rings. The number of rotatable bonds is 4. The van der Waals surface area contributed by atoms with Crippen LogP contribution in [0.15, 0.2) is 12.3 Å². The minimum atomic E-state index is 0.444. The molecule has 0 bridgehead atoms. The minimum absolute atomic E-state index is 0.444. The Bertz CT molecular complexity index is 607. The largest absolute Gasteiger partial charge is 0.311 e. The summed E-state index contributed by atoms with van der Waals surface area (Å²) in [6.45, 7) is 8.80. The van der Waals surface area contributed by atoms with Crippen molar-refractivity contribution in [3.63, 3.8) is 0 Å². The first-order valence-corrected chi connectivity index (χ1v) is 7.85. The molecular formula is C15H21ClN4. The Morgan fingerprint density at radius 1 is 1.45 bits per heavy atom. The van der Waals surface area contributed by atoms with Crippen LogP contribution < -0.4 is 0 Å². The summed E-state index contributed by atoms with van der Waals surface area (Å²) in [5.74, 6) is 2.06. The molecule has 1 aliphatic rings. The van der Waals surface area contributed by atoms with Gasteiger partial charge >= 0.3 is 0 Å². The highest BCUT2D eigenvalue weighted by Crippen LogP contribution is 2.23. The molecule has 1 atom stereocenters. The average molecular weight is 293 g/mol. The molecule has 0 radical (unpaired) electrons. The summed E-state index contributed by atoms with van der Waals surface area (Å²) >= 11 is 6.08. The van der Waals surface area contributed by atoms with Gasteiger partial charge in [-0.25, -0.2) is 9.97 Å². The monoisotopic (exact) mass is 292 g/mol. The predicted molar refractivity (Wildman–Crippen MR) is 82.0 cm³/mol. The van der Waals surface area contributed by atoms with Crippen LogP contribution in [0.5, 0.6) is 0 Å². The first-order chi connectivity index (χ1) is 9.72. The lowest BCUT2D eigenvalue weighted by Gasteiger charge is -2.15. The smallest absolute Gasteiger partial charge is 0.160 e. The Kier molecular flexibility index (Phi) is 3.94. The number of aromatic nitrogens is 3. The van der Waals surface area contributed by atoms with Crippen molar-refractivity contribution < 1.29 is 0 Å². The van der Waals surface area contributed by atoms with Crippen LogP contribution in [-0.2, 0) is 12.4 Å². The Hall–Kier alpha value is -1.13. The molecule has 4 nitrogen and oxygen atoms in total. The van der Waals surface area contributed by atoms with Crippen LogP contribution >= 0.6 is 11.6 Å². The van der Waals surface area contributed by atoms with Gasteiger partial charge in [-0.15, -0.1) is 11.6 Å². The molecule has 1 saturated heterocycles. The minimum Gasteiger partial charge on any atom is -0.311 e. The van der Waals surface area contributed by atoms with E-state index in [4.69, 9.17) is 11.6 Å². The lowest BCUT2D eigenvalue weighted by atomic mass is 10.1. The normalized spacial score (nSPS) is 20.1. The summed E-state index contributed by atoms with van der Waals surface area (Å²) < 4.78 is 2.22. The van der Waals surface area contributed by atoms with Crippen molar-refractivity contribution in [3.05, 3.63) is 23.7 Å². The summed E-state index contributed by atoms with van der Waals surface area (Å²) in [7, 11) is 0. The molecular weight excluding hydrogens is 272 g/mol. The molecule has 108 valence electrons. The molecule has 1 aliphatic heterocycles. The van der Waals surface area contributed by atoms with Crippen molar-refractivity contribution in [1.29, 1.82) is 0 Å². The van der Waals surface area contributed by atoms with Crippen molar-refractivity contribution >= 4 is 22.8 Å². The van der Waals surface area contributed by atoms with Crippen molar-refractivity contribution in [2.24, 2.45) is 5.92 Å². The molecule has 0 aromatic carbocycles. The Morgan fingerprint density at radius 2 is 2.30 bits per heavy atom. The van der Waals surface area contributed by atoms with Gasteiger partial charge in [0.2, 0.25) is 0 Å². The maximum absolute atomic E-state index is 6.08. The van der Waals surface area contributed by atoms with Gasteiger partial charge in [0.15, 0.2) is 5.65 Å². The number of imidazole rings is 1. The maximum Gasteiger partial charge on any atom is 0.160 e. The average Bonchev–Trinajstić information content (AvgIpc) is 3.05. The van der Waals surface area contributed by atoms with E-state index < -0.39 is 0 Å². The van der Waals surface area contributed by atoms with Crippen molar-refractivity contribution in [1.82, 2.24) is 19.4 Å².